The SMILES string of the molecule is C=C/C=C\C(=C/C)c1cc(-c2ccccc2)nc(-n2c3ccc(C=C)c(/C=C\C)c3c3cc(-c4ccccc4)c4sc5ccccc5c4c32)n1. The van der Waals surface area contributed by atoms with E-state index in [-0.39, 0.29) is 0 Å². The molecule has 0 N–H and O–H groups in total. The molecule has 240 valence electrons. The number of rotatable bonds is 8. The second kappa shape index (κ2) is 13.1. The highest BCUT2D eigenvalue weighted by molar-refractivity contribution is 7.26. The van der Waals surface area contributed by atoms with Gasteiger partial charge in [-0.15, -0.1) is 11.3 Å². The lowest BCUT2D eigenvalue weighted by atomic mass is 9.96. The number of allylic oxidation sites excluding steroid dienone is 6. The van der Waals surface area contributed by atoms with Gasteiger partial charge in [-0.2, -0.15) is 0 Å². The number of hydrogen-bond acceptors (Lipinski definition) is 3. The quantitative estimate of drug-likeness (QED) is 0.152. The van der Waals surface area contributed by atoms with Gasteiger partial charge < -0.3 is 0 Å². The zero-order chi connectivity index (χ0) is 34.2. The van der Waals surface area contributed by atoms with Crippen LogP contribution in [0.5, 0.6) is 0 Å². The van der Waals surface area contributed by atoms with Gasteiger partial charge in [0.1, 0.15) is 0 Å². The molecular weight excluding hydrogens is 627 g/mol. The maximum Gasteiger partial charge on any atom is 0.235 e. The molecule has 0 bridgehead atoms. The van der Waals surface area contributed by atoms with Gasteiger partial charge in [0.15, 0.2) is 0 Å². The van der Waals surface area contributed by atoms with Crippen LogP contribution >= 0.6 is 11.3 Å². The van der Waals surface area contributed by atoms with E-state index in [1.165, 1.54) is 31.3 Å². The number of fused-ring (bicyclic) bond motifs is 7. The van der Waals surface area contributed by atoms with Crippen molar-refractivity contribution in [1.82, 2.24) is 14.5 Å². The summed E-state index contributed by atoms with van der Waals surface area (Å²) in [6.07, 6.45) is 14.1. The van der Waals surface area contributed by atoms with E-state index < -0.39 is 0 Å². The minimum atomic E-state index is 0.620. The minimum absolute atomic E-state index is 0.620. The van der Waals surface area contributed by atoms with Crippen molar-refractivity contribution in [2.24, 2.45) is 0 Å². The van der Waals surface area contributed by atoms with Crippen molar-refractivity contribution in [1.29, 1.82) is 0 Å². The van der Waals surface area contributed by atoms with Gasteiger partial charge in [-0.3, -0.25) is 4.57 Å². The molecule has 0 aliphatic heterocycles. The van der Waals surface area contributed by atoms with Crippen molar-refractivity contribution in [3.63, 3.8) is 0 Å². The van der Waals surface area contributed by atoms with Crippen molar-refractivity contribution < 1.29 is 0 Å². The van der Waals surface area contributed by atoms with Crippen molar-refractivity contribution in [3.05, 3.63) is 170 Å². The number of nitrogens with zero attached hydrogens (tertiary/aromatic N) is 3. The lowest BCUT2D eigenvalue weighted by molar-refractivity contribution is 0.986. The molecule has 8 rings (SSSR count). The molecule has 0 radical (unpaired) electrons. The summed E-state index contributed by atoms with van der Waals surface area (Å²) in [4.78, 5) is 10.7. The summed E-state index contributed by atoms with van der Waals surface area (Å²) in [6, 6.07) is 38.6. The van der Waals surface area contributed by atoms with E-state index in [0.29, 0.717) is 5.95 Å². The fourth-order valence-electron chi connectivity index (χ4n) is 7.02. The van der Waals surface area contributed by atoms with E-state index in [9.17, 15) is 0 Å². The average molecular weight is 662 g/mol. The molecule has 50 heavy (non-hydrogen) atoms. The standard InChI is InChI=1S/C46H35N3S/c1-5-9-19-31(8-4)38-29-39(33-22-14-11-15-23-33)48-46(47-38)49-40-27-26-30(7-3)34(18-6-2)42(40)37-28-36(32-20-12-10-13-21-32)45-43(44(37)49)35-24-16-17-25-41(35)50-45/h5-29H,1,3H2,2,4H3/b18-6-,19-9-,31-8+. The Morgan fingerprint density at radius 2 is 1.50 bits per heavy atom. The van der Waals surface area contributed by atoms with Gasteiger partial charge in [-0.05, 0) is 60.4 Å². The normalized spacial score (nSPS) is 12.3. The van der Waals surface area contributed by atoms with E-state index in [4.69, 9.17) is 9.97 Å². The molecule has 3 nitrogen and oxygen atoms in total. The van der Waals surface area contributed by atoms with Gasteiger partial charge in [-0.25, -0.2) is 9.97 Å². The molecule has 0 saturated heterocycles. The molecule has 0 saturated carbocycles. The lowest BCUT2D eigenvalue weighted by Crippen LogP contribution is -2.05. The summed E-state index contributed by atoms with van der Waals surface area (Å²) in [5, 5.41) is 4.73. The number of benzene rings is 5. The molecule has 0 atom stereocenters. The maximum atomic E-state index is 5.36. The molecule has 3 aromatic heterocycles. The fourth-order valence-corrected chi connectivity index (χ4v) is 8.27. The molecule has 5 aromatic carbocycles. The van der Waals surface area contributed by atoms with Crippen LogP contribution in [0.15, 0.2) is 153 Å². The highest BCUT2D eigenvalue weighted by Crippen LogP contribution is 2.48. The summed E-state index contributed by atoms with van der Waals surface area (Å²) in [7, 11) is 0. The van der Waals surface area contributed by atoms with E-state index in [1.54, 1.807) is 6.08 Å². The summed E-state index contributed by atoms with van der Waals surface area (Å²) in [6.45, 7) is 12.2. The van der Waals surface area contributed by atoms with Crippen LogP contribution in [0.4, 0.5) is 0 Å². The predicted molar refractivity (Wildman–Crippen MR) is 218 cm³/mol. The monoisotopic (exact) mass is 661 g/mol. The Kier molecular flexibility index (Phi) is 8.15. The third-order valence-electron chi connectivity index (χ3n) is 9.25. The number of hydrogen-bond donors (Lipinski definition) is 0. The van der Waals surface area contributed by atoms with Crippen LogP contribution < -0.4 is 0 Å². The first-order chi connectivity index (χ1) is 24.6. The third kappa shape index (κ3) is 5.13. The first-order valence-electron chi connectivity index (χ1n) is 16.8. The molecule has 0 aliphatic rings. The van der Waals surface area contributed by atoms with Gasteiger partial charge in [0.05, 0.1) is 22.4 Å². The first-order valence-corrected chi connectivity index (χ1v) is 17.6. The van der Waals surface area contributed by atoms with E-state index in [1.807, 2.05) is 36.5 Å². The third-order valence-corrected chi connectivity index (χ3v) is 10.5. The van der Waals surface area contributed by atoms with Gasteiger partial charge in [-0.1, -0.05) is 141 Å². The van der Waals surface area contributed by atoms with Crippen LogP contribution in [0.25, 0.3) is 88.0 Å². The largest absolute Gasteiger partial charge is 0.277 e. The zero-order valence-electron chi connectivity index (χ0n) is 28.1. The highest BCUT2D eigenvalue weighted by Gasteiger charge is 2.25. The predicted octanol–water partition coefficient (Wildman–Crippen LogP) is 13.1. The second-order valence-electron chi connectivity index (χ2n) is 12.1. The Labute approximate surface area is 296 Å². The molecule has 8 aromatic rings. The zero-order valence-corrected chi connectivity index (χ0v) is 28.9. The van der Waals surface area contributed by atoms with E-state index in [2.05, 4.69) is 152 Å². The van der Waals surface area contributed by atoms with Crippen LogP contribution in [0.3, 0.4) is 0 Å². The average Bonchev–Trinajstić information content (AvgIpc) is 3.72. The summed E-state index contributed by atoms with van der Waals surface area (Å²) < 4.78 is 4.78. The van der Waals surface area contributed by atoms with Crippen LogP contribution in [0, 0.1) is 0 Å². The van der Waals surface area contributed by atoms with Crippen LogP contribution in [-0.4, -0.2) is 14.5 Å². The maximum absolute atomic E-state index is 5.36. The van der Waals surface area contributed by atoms with Crippen LogP contribution in [-0.2, 0) is 0 Å². The molecule has 0 amide bonds. The van der Waals surface area contributed by atoms with Crippen LogP contribution in [0.1, 0.15) is 30.7 Å². The van der Waals surface area contributed by atoms with Crippen molar-refractivity contribution in [2.75, 3.05) is 0 Å². The van der Waals surface area contributed by atoms with Crippen molar-refractivity contribution >= 4 is 71.0 Å². The minimum Gasteiger partial charge on any atom is -0.277 e. The molecular formula is C46H35N3S. The summed E-state index contributed by atoms with van der Waals surface area (Å²) in [5.74, 6) is 0.620. The topological polar surface area (TPSA) is 30.7 Å². The van der Waals surface area contributed by atoms with E-state index >= 15 is 0 Å². The Hall–Kier alpha value is -6.10. The van der Waals surface area contributed by atoms with E-state index in [0.717, 1.165) is 55.5 Å². The van der Waals surface area contributed by atoms with Gasteiger partial charge in [0.2, 0.25) is 5.95 Å². The first kappa shape index (κ1) is 31.2. The highest BCUT2D eigenvalue weighted by atomic mass is 32.1. The smallest absolute Gasteiger partial charge is 0.235 e. The Bertz CT molecular complexity index is 2690. The van der Waals surface area contributed by atoms with Gasteiger partial charge in [0, 0.05) is 42.1 Å². The Balaban J connectivity index is 1.62. The lowest BCUT2D eigenvalue weighted by Gasteiger charge is -2.13. The molecule has 0 unspecified atom stereocenters. The molecule has 4 heteroatoms. The van der Waals surface area contributed by atoms with Crippen molar-refractivity contribution in [2.45, 2.75) is 13.8 Å². The van der Waals surface area contributed by atoms with Crippen LogP contribution in [0.2, 0.25) is 0 Å². The molecule has 0 fully saturated rings. The molecule has 3 heterocycles. The van der Waals surface area contributed by atoms with Crippen molar-refractivity contribution in [3.8, 4) is 28.3 Å². The Morgan fingerprint density at radius 1 is 0.760 bits per heavy atom. The Morgan fingerprint density at radius 3 is 2.22 bits per heavy atom. The second-order valence-corrected chi connectivity index (χ2v) is 13.2. The fraction of sp³-hybridized carbons (Fsp3) is 0.0435. The molecule has 0 aliphatic carbocycles. The number of aromatic nitrogens is 3. The van der Waals surface area contributed by atoms with Gasteiger partial charge >= 0.3 is 0 Å². The number of thiophene rings is 1. The summed E-state index contributed by atoms with van der Waals surface area (Å²) in [5.41, 5.74) is 10.5. The summed E-state index contributed by atoms with van der Waals surface area (Å²) >= 11 is 1.84. The molecule has 0 spiro atoms. The van der Waals surface area contributed by atoms with Gasteiger partial charge in [0.25, 0.3) is 0 Å².